The number of likely N-dealkylation sites (N-methyl/N-ethyl adjacent to an activating group) is 1. The minimum absolute atomic E-state index is 0.126. The fraction of sp³-hybridized carbons (Fsp3) is 0.148. The molecule has 0 unspecified atom stereocenters. The summed E-state index contributed by atoms with van der Waals surface area (Å²) in [6, 6.07) is 21.8. The molecule has 0 aliphatic carbocycles. The van der Waals surface area contributed by atoms with Gasteiger partial charge in [-0.05, 0) is 42.0 Å². The molecule has 0 radical (unpaired) electrons. The van der Waals surface area contributed by atoms with Crippen LogP contribution >= 0.6 is 0 Å². The summed E-state index contributed by atoms with van der Waals surface area (Å²) < 4.78 is 17.9. The van der Waals surface area contributed by atoms with Gasteiger partial charge < -0.3 is 24.8 Å². The molecular weight excluding hydrogens is 460 g/mol. The molecule has 4 aromatic rings. The molecule has 2 amide bonds. The van der Waals surface area contributed by atoms with E-state index in [1.807, 2.05) is 36.4 Å². The van der Waals surface area contributed by atoms with Gasteiger partial charge in [0.15, 0.2) is 23.8 Å². The number of benzene rings is 3. The minimum Gasteiger partial charge on any atom is -0.493 e. The number of ether oxygens (including phenoxy) is 3. The number of nitrogens with zero attached hydrogens (tertiary/aromatic N) is 2. The highest BCUT2D eigenvalue weighted by Gasteiger charge is 2.21. The van der Waals surface area contributed by atoms with Gasteiger partial charge in [-0.25, -0.2) is 4.68 Å². The van der Waals surface area contributed by atoms with Crippen molar-refractivity contribution in [3.63, 3.8) is 0 Å². The van der Waals surface area contributed by atoms with Gasteiger partial charge in [-0.3, -0.25) is 9.59 Å². The molecule has 0 spiro atoms. The Labute approximate surface area is 208 Å². The van der Waals surface area contributed by atoms with Gasteiger partial charge in [0.1, 0.15) is 5.75 Å². The summed E-state index contributed by atoms with van der Waals surface area (Å²) in [5, 5.41) is 9.96. The summed E-state index contributed by atoms with van der Waals surface area (Å²) in [5.41, 5.74) is 2.89. The van der Waals surface area contributed by atoms with Crippen molar-refractivity contribution in [2.75, 3.05) is 33.2 Å². The summed E-state index contributed by atoms with van der Waals surface area (Å²) in [6.45, 7) is -0.126. The van der Waals surface area contributed by atoms with E-state index < -0.39 is 5.91 Å². The third-order valence-electron chi connectivity index (χ3n) is 5.39. The molecule has 0 saturated carbocycles. The maximum Gasteiger partial charge on any atom is 0.276 e. The van der Waals surface area contributed by atoms with Crippen LogP contribution in [-0.2, 0) is 4.79 Å². The molecule has 0 aliphatic rings. The fourth-order valence-electron chi connectivity index (χ4n) is 3.54. The van der Waals surface area contributed by atoms with Crippen LogP contribution in [0.1, 0.15) is 10.5 Å². The number of nitrogens with one attached hydrogen (secondary N) is 2. The number of methoxy groups -OCH3 is 2. The Morgan fingerprint density at radius 1 is 0.917 bits per heavy atom. The summed E-state index contributed by atoms with van der Waals surface area (Å²) in [7, 11) is 4.66. The van der Waals surface area contributed by atoms with Crippen molar-refractivity contribution in [1.82, 2.24) is 15.1 Å². The molecule has 4 rings (SSSR count). The van der Waals surface area contributed by atoms with Crippen molar-refractivity contribution in [2.45, 2.75) is 0 Å². The second kappa shape index (κ2) is 11.1. The van der Waals surface area contributed by atoms with Crippen LogP contribution in [0.3, 0.4) is 0 Å². The Morgan fingerprint density at radius 2 is 1.69 bits per heavy atom. The lowest BCUT2D eigenvalue weighted by Crippen LogP contribution is -2.24. The average molecular weight is 487 g/mol. The zero-order chi connectivity index (χ0) is 25.5. The quantitative estimate of drug-likeness (QED) is 0.372. The van der Waals surface area contributed by atoms with Crippen molar-refractivity contribution in [3.05, 3.63) is 84.7 Å². The van der Waals surface area contributed by atoms with E-state index >= 15 is 0 Å². The van der Waals surface area contributed by atoms with Gasteiger partial charge in [0.05, 0.1) is 19.9 Å². The molecule has 0 fully saturated rings. The normalized spacial score (nSPS) is 10.4. The topological polar surface area (TPSA) is 104 Å². The third kappa shape index (κ3) is 5.47. The van der Waals surface area contributed by atoms with Crippen LogP contribution in [0.4, 0.5) is 5.69 Å². The van der Waals surface area contributed by atoms with E-state index in [2.05, 4.69) is 15.7 Å². The smallest absolute Gasteiger partial charge is 0.276 e. The molecule has 1 heterocycles. The largest absolute Gasteiger partial charge is 0.493 e. The zero-order valence-corrected chi connectivity index (χ0v) is 20.1. The minimum atomic E-state index is -0.405. The molecule has 184 valence electrons. The maximum absolute atomic E-state index is 13.4. The van der Waals surface area contributed by atoms with Gasteiger partial charge in [0.25, 0.3) is 11.8 Å². The summed E-state index contributed by atoms with van der Waals surface area (Å²) in [6.07, 6.45) is 1.80. The van der Waals surface area contributed by atoms with E-state index in [0.717, 1.165) is 11.3 Å². The number of amides is 2. The van der Waals surface area contributed by atoms with Gasteiger partial charge >= 0.3 is 0 Å². The van der Waals surface area contributed by atoms with Crippen LogP contribution in [0.25, 0.3) is 16.8 Å². The molecule has 0 atom stereocenters. The molecular formula is C27H26N4O5. The molecule has 3 aromatic carbocycles. The van der Waals surface area contributed by atoms with Crippen LogP contribution in [-0.4, -0.2) is 49.5 Å². The van der Waals surface area contributed by atoms with Gasteiger partial charge in [0, 0.05) is 30.6 Å². The first-order chi connectivity index (χ1) is 17.5. The lowest BCUT2D eigenvalue weighted by Gasteiger charge is -2.10. The van der Waals surface area contributed by atoms with Gasteiger partial charge in [-0.1, -0.05) is 30.3 Å². The number of hydrogen-bond donors (Lipinski definition) is 2. The number of aromatic nitrogens is 2. The molecule has 9 heteroatoms. The number of hydrogen-bond acceptors (Lipinski definition) is 6. The second-order valence-corrected chi connectivity index (χ2v) is 7.69. The van der Waals surface area contributed by atoms with E-state index in [-0.39, 0.29) is 18.2 Å². The van der Waals surface area contributed by atoms with Crippen molar-refractivity contribution in [3.8, 4) is 34.1 Å². The number of rotatable bonds is 9. The monoisotopic (exact) mass is 486 g/mol. The Kier molecular flexibility index (Phi) is 7.50. The fourth-order valence-corrected chi connectivity index (χ4v) is 3.54. The molecule has 0 aliphatic heterocycles. The highest BCUT2D eigenvalue weighted by atomic mass is 16.5. The lowest BCUT2D eigenvalue weighted by molar-refractivity contribution is -0.122. The highest BCUT2D eigenvalue weighted by Crippen LogP contribution is 2.34. The predicted molar refractivity (Wildman–Crippen MR) is 136 cm³/mol. The van der Waals surface area contributed by atoms with Crippen molar-refractivity contribution < 1.29 is 23.8 Å². The van der Waals surface area contributed by atoms with Gasteiger partial charge in [0.2, 0.25) is 0 Å². The Bertz CT molecular complexity index is 1370. The first-order valence-corrected chi connectivity index (χ1v) is 11.1. The Morgan fingerprint density at radius 3 is 2.42 bits per heavy atom. The van der Waals surface area contributed by atoms with E-state index in [9.17, 15) is 9.59 Å². The van der Waals surface area contributed by atoms with Crippen molar-refractivity contribution in [2.24, 2.45) is 0 Å². The standard InChI is InChI=1S/C27H26N4O5/c1-28-25(32)17-36-21-11-7-8-19(15-21)29-27(33)26-22(16-31(30-26)20-9-5-4-6-10-20)18-12-13-23(34-2)24(14-18)35-3/h4-16H,17H2,1-3H3,(H,28,32)(H,29,33). The number of anilines is 1. The van der Waals surface area contributed by atoms with Crippen LogP contribution in [0.2, 0.25) is 0 Å². The maximum atomic E-state index is 13.4. The number of para-hydroxylation sites is 1. The Hall–Kier alpha value is -4.79. The average Bonchev–Trinajstić information content (AvgIpc) is 3.38. The number of carbonyl (C=O) groups is 2. The summed E-state index contributed by atoms with van der Waals surface area (Å²) in [5.74, 6) is 0.908. The van der Waals surface area contributed by atoms with E-state index in [4.69, 9.17) is 14.2 Å². The molecule has 1 aromatic heterocycles. The van der Waals surface area contributed by atoms with Crippen molar-refractivity contribution >= 4 is 17.5 Å². The molecule has 0 saturated heterocycles. The highest BCUT2D eigenvalue weighted by molar-refractivity contribution is 6.07. The van der Waals surface area contributed by atoms with E-state index in [1.54, 1.807) is 61.5 Å². The van der Waals surface area contributed by atoms with Crippen LogP contribution in [0.5, 0.6) is 17.2 Å². The predicted octanol–water partition coefficient (Wildman–Crippen LogP) is 3.93. The summed E-state index contributed by atoms with van der Waals surface area (Å²) >= 11 is 0. The number of carbonyl (C=O) groups excluding carboxylic acids is 2. The first kappa shape index (κ1) is 24.3. The molecule has 36 heavy (non-hydrogen) atoms. The van der Waals surface area contributed by atoms with E-state index in [0.29, 0.717) is 28.5 Å². The Balaban J connectivity index is 1.68. The van der Waals surface area contributed by atoms with Gasteiger partial charge in [-0.15, -0.1) is 0 Å². The lowest BCUT2D eigenvalue weighted by atomic mass is 10.1. The second-order valence-electron chi connectivity index (χ2n) is 7.69. The SMILES string of the molecule is CNC(=O)COc1cccc(NC(=O)c2nn(-c3ccccc3)cc2-c2ccc(OC)c(OC)c2)c1. The van der Waals surface area contributed by atoms with E-state index in [1.165, 1.54) is 7.05 Å². The summed E-state index contributed by atoms with van der Waals surface area (Å²) in [4.78, 5) is 24.9. The zero-order valence-electron chi connectivity index (χ0n) is 20.1. The van der Waals surface area contributed by atoms with Crippen LogP contribution in [0, 0.1) is 0 Å². The van der Waals surface area contributed by atoms with Crippen molar-refractivity contribution in [1.29, 1.82) is 0 Å². The van der Waals surface area contributed by atoms with Crippen LogP contribution in [0.15, 0.2) is 79.0 Å². The molecule has 0 bridgehead atoms. The van der Waals surface area contributed by atoms with Gasteiger partial charge in [-0.2, -0.15) is 5.10 Å². The first-order valence-electron chi connectivity index (χ1n) is 11.1. The molecule has 9 nitrogen and oxygen atoms in total. The third-order valence-corrected chi connectivity index (χ3v) is 5.39. The molecule has 2 N–H and O–H groups in total. The van der Waals surface area contributed by atoms with Crippen LogP contribution < -0.4 is 24.8 Å².